The van der Waals surface area contributed by atoms with E-state index in [-0.39, 0.29) is 22.8 Å². The first-order chi connectivity index (χ1) is 7.97. The largest absolute Gasteiger partial charge is 0.478 e. The Kier molecular flexibility index (Phi) is 4.65. The predicted octanol–water partition coefficient (Wildman–Crippen LogP) is 0.931. The Morgan fingerprint density at radius 3 is 2.53 bits per heavy atom. The molecule has 0 spiro atoms. The highest BCUT2D eigenvalue weighted by Crippen LogP contribution is 2.14. The first-order valence-electron chi connectivity index (χ1n) is 5.14. The molecule has 0 bridgehead atoms. The van der Waals surface area contributed by atoms with E-state index in [1.54, 1.807) is 0 Å². The normalized spacial score (nSPS) is 11.4. The van der Waals surface area contributed by atoms with Gasteiger partial charge >= 0.3 is 5.97 Å². The van der Waals surface area contributed by atoms with Gasteiger partial charge in [-0.1, -0.05) is 6.07 Å². The number of aliphatic hydroxyl groups excluding tert-OH is 1. The number of carbonyl (C=O) groups is 1. The lowest BCUT2D eigenvalue weighted by molar-refractivity contribution is 0.0696. The Hall–Kier alpha value is -1.40. The summed E-state index contributed by atoms with van der Waals surface area (Å²) in [5, 5.41) is 17.3. The number of carboxylic acids is 1. The van der Waals surface area contributed by atoms with Crippen molar-refractivity contribution in [1.82, 2.24) is 0 Å². The maximum Gasteiger partial charge on any atom is 0.335 e. The third-order valence-corrected chi connectivity index (χ3v) is 4.06. The van der Waals surface area contributed by atoms with Crippen LogP contribution in [0.2, 0.25) is 0 Å². The van der Waals surface area contributed by atoms with Crippen molar-refractivity contribution in [2.24, 2.45) is 0 Å². The molecule has 5 nitrogen and oxygen atoms in total. The van der Waals surface area contributed by atoms with E-state index in [1.807, 2.05) is 0 Å². The Balaban J connectivity index is 2.91. The number of aliphatic hydroxyl groups is 1. The highest BCUT2D eigenvalue weighted by atomic mass is 32.2. The molecule has 1 rings (SSSR count). The number of rotatable bonds is 6. The molecule has 94 valence electrons. The summed E-state index contributed by atoms with van der Waals surface area (Å²) in [6.07, 6.45) is 0.772. The number of aromatic carboxylic acids is 1. The molecule has 0 aliphatic rings. The Labute approximate surface area is 99.6 Å². The zero-order valence-electron chi connectivity index (χ0n) is 9.17. The third-order valence-electron chi connectivity index (χ3n) is 2.26. The number of sulfone groups is 1. The first-order valence-corrected chi connectivity index (χ1v) is 6.79. The smallest absolute Gasteiger partial charge is 0.335 e. The van der Waals surface area contributed by atoms with Gasteiger partial charge in [0.05, 0.1) is 16.2 Å². The number of unbranched alkanes of at least 4 members (excludes halogenated alkanes) is 1. The molecule has 0 fully saturated rings. The zero-order valence-corrected chi connectivity index (χ0v) is 9.98. The van der Waals surface area contributed by atoms with Crippen LogP contribution in [-0.2, 0) is 9.84 Å². The molecule has 0 radical (unpaired) electrons. The average Bonchev–Trinajstić information content (AvgIpc) is 2.29. The van der Waals surface area contributed by atoms with Crippen LogP contribution in [-0.4, -0.2) is 37.0 Å². The number of benzene rings is 1. The molecule has 0 heterocycles. The van der Waals surface area contributed by atoms with Crippen LogP contribution in [0.3, 0.4) is 0 Å². The SMILES string of the molecule is O=C(O)c1cccc(S(=O)(=O)CCCCO)c1. The Morgan fingerprint density at radius 1 is 1.24 bits per heavy atom. The highest BCUT2D eigenvalue weighted by Gasteiger charge is 2.15. The Morgan fingerprint density at radius 2 is 1.94 bits per heavy atom. The summed E-state index contributed by atoms with van der Waals surface area (Å²) < 4.78 is 23.6. The molecule has 0 saturated heterocycles. The molecule has 1 aromatic carbocycles. The maximum absolute atomic E-state index is 11.8. The van der Waals surface area contributed by atoms with E-state index in [0.717, 1.165) is 6.07 Å². The summed E-state index contributed by atoms with van der Waals surface area (Å²) in [6, 6.07) is 5.27. The van der Waals surface area contributed by atoms with Gasteiger partial charge < -0.3 is 10.2 Å². The van der Waals surface area contributed by atoms with Crippen molar-refractivity contribution in [3.63, 3.8) is 0 Å². The minimum atomic E-state index is -3.46. The van der Waals surface area contributed by atoms with Crippen molar-refractivity contribution >= 4 is 15.8 Å². The fourth-order valence-corrected chi connectivity index (χ4v) is 2.76. The molecule has 1 aromatic rings. The molecule has 2 N–H and O–H groups in total. The third kappa shape index (κ3) is 3.83. The van der Waals surface area contributed by atoms with Crippen LogP contribution in [0, 0.1) is 0 Å². The van der Waals surface area contributed by atoms with E-state index < -0.39 is 15.8 Å². The van der Waals surface area contributed by atoms with Gasteiger partial charge in [0.2, 0.25) is 0 Å². The standard InChI is InChI=1S/C11H14O5S/c12-6-1-2-7-17(15,16)10-5-3-4-9(8-10)11(13)14/h3-5,8,12H,1-2,6-7H2,(H,13,14). The van der Waals surface area contributed by atoms with E-state index in [2.05, 4.69) is 0 Å². The van der Waals surface area contributed by atoms with E-state index in [4.69, 9.17) is 10.2 Å². The quantitative estimate of drug-likeness (QED) is 0.741. The monoisotopic (exact) mass is 258 g/mol. The molecule has 6 heteroatoms. The fraction of sp³-hybridized carbons (Fsp3) is 0.364. The van der Waals surface area contributed by atoms with Crippen molar-refractivity contribution in [2.45, 2.75) is 17.7 Å². The lowest BCUT2D eigenvalue weighted by Gasteiger charge is -2.04. The van der Waals surface area contributed by atoms with Gasteiger partial charge in [-0.05, 0) is 31.0 Å². The summed E-state index contributed by atoms with van der Waals surface area (Å²) in [5.41, 5.74) is -0.0479. The second-order valence-corrected chi connectivity index (χ2v) is 5.69. The van der Waals surface area contributed by atoms with E-state index in [1.165, 1.54) is 18.2 Å². The summed E-state index contributed by atoms with van der Waals surface area (Å²) in [7, 11) is -3.46. The van der Waals surface area contributed by atoms with Gasteiger partial charge in [-0.15, -0.1) is 0 Å². The second kappa shape index (κ2) is 5.79. The summed E-state index contributed by atoms with van der Waals surface area (Å²) >= 11 is 0. The molecule has 0 unspecified atom stereocenters. The zero-order chi connectivity index (χ0) is 12.9. The molecule has 0 atom stereocenters. The maximum atomic E-state index is 11.8. The van der Waals surface area contributed by atoms with Crippen LogP contribution in [0.5, 0.6) is 0 Å². The predicted molar refractivity (Wildman–Crippen MR) is 61.8 cm³/mol. The first kappa shape index (κ1) is 13.7. The van der Waals surface area contributed by atoms with Crippen molar-refractivity contribution in [3.8, 4) is 0 Å². The van der Waals surface area contributed by atoms with Crippen LogP contribution in [0.4, 0.5) is 0 Å². The number of carboxylic acid groups (broad SMARTS) is 1. The van der Waals surface area contributed by atoms with Crippen LogP contribution < -0.4 is 0 Å². The number of hydrogen-bond acceptors (Lipinski definition) is 4. The van der Waals surface area contributed by atoms with Crippen LogP contribution in [0.25, 0.3) is 0 Å². The lowest BCUT2D eigenvalue weighted by atomic mass is 10.2. The minimum absolute atomic E-state index is 0.00957. The number of hydrogen-bond donors (Lipinski definition) is 2. The lowest BCUT2D eigenvalue weighted by Crippen LogP contribution is -2.08. The summed E-state index contributed by atoms with van der Waals surface area (Å²) in [4.78, 5) is 10.7. The van der Waals surface area contributed by atoms with Crippen LogP contribution in [0.1, 0.15) is 23.2 Å². The molecular weight excluding hydrogens is 244 g/mol. The van der Waals surface area contributed by atoms with Crippen molar-refractivity contribution in [2.75, 3.05) is 12.4 Å². The van der Waals surface area contributed by atoms with Crippen molar-refractivity contribution in [3.05, 3.63) is 29.8 Å². The molecule has 17 heavy (non-hydrogen) atoms. The van der Waals surface area contributed by atoms with Crippen LogP contribution >= 0.6 is 0 Å². The second-order valence-electron chi connectivity index (χ2n) is 3.58. The van der Waals surface area contributed by atoms with Gasteiger partial charge in [-0.25, -0.2) is 13.2 Å². The molecule has 0 saturated carbocycles. The van der Waals surface area contributed by atoms with Crippen molar-refractivity contribution in [1.29, 1.82) is 0 Å². The summed E-state index contributed by atoms with van der Waals surface area (Å²) in [6.45, 7) is -0.0509. The van der Waals surface area contributed by atoms with E-state index in [0.29, 0.717) is 12.8 Å². The van der Waals surface area contributed by atoms with Gasteiger partial charge in [-0.3, -0.25) is 0 Å². The Bertz CT molecular complexity index is 492. The minimum Gasteiger partial charge on any atom is -0.478 e. The summed E-state index contributed by atoms with van der Waals surface area (Å²) in [5.74, 6) is -1.24. The fourth-order valence-electron chi connectivity index (χ4n) is 1.34. The molecule has 0 aromatic heterocycles. The van der Waals surface area contributed by atoms with Gasteiger partial charge in [-0.2, -0.15) is 0 Å². The van der Waals surface area contributed by atoms with Gasteiger partial charge in [0.25, 0.3) is 0 Å². The van der Waals surface area contributed by atoms with E-state index in [9.17, 15) is 13.2 Å². The molecular formula is C11H14O5S. The highest BCUT2D eigenvalue weighted by molar-refractivity contribution is 7.91. The van der Waals surface area contributed by atoms with Gasteiger partial charge in [0.1, 0.15) is 0 Å². The molecule has 0 amide bonds. The molecule has 0 aliphatic carbocycles. The van der Waals surface area contributed by atoms with Crippen molar-refractivity contribution < 1.29 is 23.4 Å². The van der Waals surface area contributed by atoms with E-state index >= 15 is 0 Å². The van der Waals surface area contributed by atoms with Gasteiger partial charge in [0, 0.05) is 6.61 Å². The molecule has 0 aliphatic heterocycles. The van der Waals surface area contributed by atoms with Crippen LogP contribution in [0.15, 0.2) is 29.2 Å². The topological polar surface area (TPSA) is 91.7 Å². The average molecular weight is 258 g/mol. The van der Waals surface area contributed by atoms with Gasteiger partial charge in [0.15, 0.2) is 9.84 Å².